The molecule has 0 amide bonds. The highest BCUT2D eigenvalue weighted by molar-refractivity contribution is 5.22. The van der Waals surface area contributed by atoms with Crippen molar-refractivity contribution in [2.75, 3.05) is 6.56 Å². The molecule has 2 heterocycles. The van der Waals surface area contributed by atoms with Crippen molar-refractivity contribution in [3.63, 3.8) is 0 Å². The van der Waals surface area contributed by atoms with Gasteiger partial charge in [-0.05, 0) is 37.8 Å². The average Bonchev–Trinajstić information content (AvgIpc) is 2.61. The number of nitrogens with zero attached hydrogens (tertiary/aromatic N) is 2. The summed E-state index contributed by atoms with van der Waals surface area (Å²) in [5.41, 5.74) is -1.67. The van der Waals surface area contributed by atoms with E-state index >= 15 is 0 Å². The number of aromatic nitrogens is 1. The van der Waals surface area contributed by atoms with Gasteiger partial charge in [-0.25, -0.2) is 0 Å². The fourth-order valence-electron chi connectivity index (χ4n) is 2.97. The van der Waals surface area contributed by atoms with Crippen molar-refractivity contribution < 1.29 is 13.0 Å². The van der Waals surface area contributed by atoms with Gasteiger partial charge >= 0.3 is 0 Å². The van der Waals surface area contributed by atoms with E-state index in [0.29, 0.717) is 5.69 Å². The van der Waals surface area contributed by atoms with Gasteiger partial charge in [0.1, 0.15) is 0 Å². The largest absolute Gasteiger partial charge is 0.375 e. The summed E-state index contributed by atoms with van der Waals surface area (Å²) in [7, 11) is 0. The predicted molar refractivity (Wildman–Crippen MR) is 72.5 cm³/mol. The van der Waals surface area contributed by atoms with Crippen LogP contribution in [0.15, 0.2) is 24.4 Å². The first-order valence-corrected chi connectivity index (χ1v) is 6.44. The summed E-state index contributed by atoms with van der Waals surface area (Å²) in [5, 5.41) is 9.36. The molecule has 100 valence electrons. The highest BCUT2D eigenvalue weighted by Gasteiger charge is 2.48. The zero-order chi connectivity index (χ0) is 18.6. The molecule has 0 aromatic carbocycles. The number of ether oxygens (including phenoxy) is 1. The third-order valence-corrected chi connectivity index (χ3v) is 3.93. The van der Waals surface area contributed by atoms with Gasteiger partial charge in [-0.1, -0.05) is 18.8 Å². The van der Waals surface area contributed by atoms with Crippen molar-refractivity contribution in [3.05, 3.63) is 30.1 Å². The molecule has 1 aliphatic heterocycles. The van der Waals surface area contributed by atoms with Crippen LogP contribution in [0, 0.1) is 11.3 Å². The van der Waals surface area contributed by atoms with E-state index in [9.17, 15) is 5.26 Å². The fourth-order valence-corrected chi connectivity index (χ4v) is 2.97. The Kier molecular flexibility index (Phi) is 1.92. The van der Waals surface area contributed by atoms with Gasteiger partial charge in [-0.15, -0.1) is 0 Å². The molecule has 2 fully saturated rings. The highest BCUT2D eigenvalue weighted by Crippen LogP contribution is 2.49. The van der Waals surface area contributed by atoms with Gasteiger partial charge in [-0.3, -0.25) is 4.98 Å². The monoisotopic (exact) mass is 262 g/mol. The highest BCUT2D eigenvalue weighted by atomic mass is 16.5. The Hall–Kier alpha value is -1.40. The van der Waals surface area contributed by atoms with E-state index in [1.54, 1.807) is 24.4 Å². The van der Waals surface area contributed by atoms with E-state index in [1.807, 2.05) is 0 Å². The van der Waals surface area contributed by atoms with Gasteiger partial charge in [0.2, 0.25) is 0 Å². The molecule has 0 N–H and O–H groups in total. The van der Waals surface area contributed by atoms with Gasteiger partial charge < -0.3 is 4.74 Å². The molecular weight excluding hydrogens is 236 g/mol. The van der Waals surface area contributed by atoms with Gasteiger partial charge in [0, 0.05) is 35.8 Å². The smallest absolute Gasteiger partial charge is 0.0692 e. The van der Waals surface area contributed by atoms with Crippen LogP contribution in [-0.4, -0.2) is 17.1 Å². The zero-order valence-electron chi connectivity index (χ0n) is 16.6. The Labute approximate surface area is 123 Å². The van der Waals surface area contributed by atoms with Crippen LogP contribution in [0.3, 0.4) is 0 Å². The van der Waals surface area contributed by atoms with E-state index < -0.39 is 30.3 Å². The molecule has 3 rings (SSSR count). The molecule has 1 aromatic rings. The molecule has 1 aromatic heterocycles. The number of hydrogen-bond donors (Lipinski definition) is 0. The molecule has 19 heavy (non-hydrogen) atoms. The van der Waals surface area contributed by atoms with Crippen molar-refractivity contribution in [2.24, 2.45) is 0 Å². The number of nitriles is 1. The Morgan fingerprint density at radius 2 is 2.21 bits per heavy atom. The molecule has 3 nitrogen and oxygen atoms in total. The van der Waals surface area contributed by atoms with Crippen molar-refractivity contribution >= 4 is 0 Å². The first kappa shape index (κ1) is 7.40. The van der Waals surface area contributed by atoms with E-state index in [2.05, 4.69) is 11.1 Å². The molecule has 1 aliphatic carbocycles. The lowest BCUT2D eigenvalue weighted by Gasteiger charge is -2.45. The second-order valence-corrected chi connectivity index (χ2v) is 5.32. The second-order valence-electron chi connectivity index (χ2n) is 5.32. The van der Waals surface area contributed by atoms with Crippen molar-refractivity contribution in [1.82, 2.24) is 4.98 Å². The maximum Gasteiger partial charge on any atom is 0.0692 e. The molecule has 1 spiro atoms. The van der Waals surface area contributed by atoms with Crippen LogP contribution >= 0.6 is 0 Å². The van der Waals surface area contributed by atoms with Crippen LogP contribution in [0.4, 0.5) is 0 Å². The molecule has 3 heteroatoms. The van der Waals surface area contributed by atoms with Gasteiger partial charge in [0.15, 0.2) is 0 Å². The van der Waals surface area contributed by atoms with Crippen LogP contribution in [0.25, 0.3) is 0 Å². The van der Waals surface area contributed by atoms with Crippen LogP contribution in [0.1, 0.15) is 58.8 Å². The molecule has 0 bridgehead atoms. The van der Waals surface area contributed by atoms with Crippen molar-refractivity contribution in [3.8, 4) is 6.07 Å². The van der Waals surface area contributed by atoms with Crippen molar-refractivity contribution in [1.29, 1.82) is 5.26 Å². The maximum atomic E-state index is 9.36. The minimum absolute atomic E-state index is 0.0145. The number of hydrogen-bond acceptors (Lipinski definition) is 3. The zero-order valence-corrected chi connectivity index (χ0v) is 10.6. The van der Waals surface area contributed by atoms with E-state index in [4.69, 9.17) is 13.0 Å². The molecule has 1 saturated heterocycles. The van der Waals surface area contributed by atoms with Crippen LogP contribution in [-0.2, 0) is 10.2 Å². The minimum Gasteiger partial charge on any atom is -0.375 e. The Bertz CT molecular complexity index is 686. The fraction of sp³-hybridized carbons (Fsp3) is 0.625. The van der Waals surface area contributed by atoms with E-state index in [0.717, 1.165) is 0 Å². The van der Waals surface area contributed by atoms with Gasteiger partial charge in [0.05, 0.1) is 14.4 Å². The third-order valence-electron chi connectivity index (χ3n) is 3.93. The molecule has 2 aliphatic rings. The van der Waals surface area contributed by atoms with Gasteiger partial charge in [-0.2, -0.15) is 5.26 Å². The maximum absolute atomic E-state index is 9.36. The molecule has 0 unspecified atom stereocenters. The first-order chi connectivity index (χ1) is 11.5. The van der Waals surface area contributed by atoms with Crippen molar-refractivity contribution in [2.45, 2.75) is 55.9 Å². The lowest BCUT2D eigenvalue weighted by Crippen LogP contribution is -2.46. The quantitative estimate of drug-likeness (QED) is 0.821. The Balaban J connectivity index is 2.09. The average molecular weight is 262 g/mol. The molecule has 1 atom stereocenters. The van der Waals surface area contributed by atoms with Crippen LogP contribution in [0.5, 0.6) is 0 Å². The van der Waals surface area contributed by atoms with Crippen LogP contribution < -0.4 is 0 Å². The SMILES string of the molecule is [2H]C1([2H])C[C@@](CC#N)(c2ccccn2)CC2(CC([2H])([2H])C([2H])([2H])C2)O1. The topological polar surface area (TPSA) is 45.9 Å². The van der Waals surface area contributed by atoms with E-state index in [1.165, 1.54) is 0 Å². The second kappa shape index (κ2) is 4.94. The summed E-state index contributed by atoms with van der Waals surface area (Å²) in [6.07, 6.45) is -3.04. The summed E-state index contributed by atoms with van der Waals surface area (Å²) in [4.78, 5) is 4.33. The third kappa shape index (κ3) is 2.26. The normalized spacial score (nSPS) is 41.8. The lowest BCUT2D eigenvalue weighted by molar-refractivity contribution is -0.102. The Morgan fingerprint density at radius 1 is 1.37 bits per heavy atom. The summed E-state index contributed by atoms with van der Waals surface area (Å²) >= 11 is 0. The summed E-state index contributed by atoms with van der Waals surface area (Å²) in [6.45, 7) is -2.09. The summed E-state index contributed by atoms with van der Waals surface area (Å²) in [6, 6.07) is 7.36. The molecule has 0 radical (unpaired) electrons. The Morgan fingerprint density at radius 3 is 2.89 bits per heavy atom. The number of pyridine rings is 1. The summed E-state index contributed by atoms with van der Waals surface area (Å²) < 4.78 is 54.2. The lowest BCUT2D eigenvalue weighted by atomic mass is 9.68. The van der Waals surface area contributed by atoms with Gasteiger partial charge in [0.25, 0.3) is 0 Å². The van der Waals surface area contributed by atoms with E-state index in [-0.39, 0.29) is 32.1 Å². The predicted octanol–water partition coefficient (Wildman–Crippen LogP) is 3.36. The standard InChI is InChI=1S/C16H20N2O/c17-10-8-15(14-5-1-4-11-18-14)9-12-19-16(13-15)6-2-3-7-16/h1,4-5,11H,2-3,6-9,12-13H2/t15-/m1/s1/i2D2,3D2,12D2. The minimum atomic E-state index is -2.12. The first-order valence-electron chi connectivity index (χ1n) is 9.44. The number of rotatable bonds is 2. The summed E-state index contributed by atoms with van der Waals surface area (Å²) in [5.74, 6) is 0. The van der Waals surface area contributed by atoms with Crippen LogP contribution in [0.2, 0.25) is 0 Å². The molecule has 1 saturated carbocycles. The molecular formula is C16H20N2O.